The van der Waals surface area contributed by atoms with E-state index in [0.717, 1.165) is 12.0 Å². The maximum absolute atomic E-state index is 11.8. The number of hydrogen-bond acceptors (Lipinski definition) is 2. The van der Waals surface area contributed by atoms with Gasteiger partial charge in [-0.2, -0.15) is 0 Å². The first-order valence-corrected chi connectivity index (χ1v) is 5.29. The van der Waals surface area contributed by atoms with Gasteiger partial charge in [0.1, 0.15) is 5.38 Å². The molecule has 0 spiro atoms. The van der Waals surface area contributed by atoms with Crippen molar-refractivity contribution >= 4 is 17.4 Å². The molecule has 2 rings (SSSR count). The number of halogens is 1. The summed E-state index contributed by atoms with van der Waals surface area (Å²) >= 11 is 6.07. The summed E-state index contributed by atoms with van der Waals surface area (Å²) in [5.41, 5.74) is 0.806. The highest BCUT2D eigenvalue weighted by Crippen LogP contribution is 2.26. The highest BCUT2D eigenvalue weighted by molar-refractivity contribution is 6.33. The summed E-state index contributed by atoms with van der Waals surface area (Å²) in [4.78, 5) is 11.8. The Balaban J connectivity index is 2.14. The molecule has 0 N–H and O–H groups in total. The number of carbonyl (C=O) groups excluding carboxylic acids is 1. The predicted octanol–water partition coefficient (Wildman–Crippen LogP) is 2.84. The van der Waals surface area contributed by atoms with Crippen molar-refractivity contribution in [2.45, 2.75) is 11.8 Å². The van der Waals surface area contributed by atoms with Crippen molar-refractivity contribution in [3.8, 4) is 0 Å². The van der Waals surface area contributed by atoms with Crippen LogP contribution in [-0.2, 0) is 9.53 Å². The molecule has 1 unspecified atom stereocenters. The van der Waals surface area contributed by atoms with Crippen LogP contribution in [0.5, 0.6) is 0 Å². The van der Waals surface area contributed by atoms with Crippen molar-refractivity contribution in [1.29, 1.82) is 0 Å². The minimum absolute atomic E-state index is 0.152. The first-order chi connectivity index (χ1) is 7.29. The van der Waals surface area contributed by atoms with Crippen LogP contribution in [0.3, 0.4) is 0 Å². The molecule has 0 amide bonds. The van der Waals surface area contributed by atoms with E-state index in [1.807, 2.05) is 30.3 Å². The van der Waals surface area contributed by atoms with E-state index in [2.05, 4.69) is 0 Å². The zero-order chi connectivity index (χ0) is 10.7. The minimum Gasteiger partial charge on any atom is -0.490 e. The minimum atomic E-state index is -0.643. The molecular weight excluding hydrogens is 212 g/mol. The summed E-state index contributed by atoms with van der Waals surface area (Å²) in [6.07, 6.45) is 2.58. The fraction of sp³-hybridized carbons (Fsp3) is 0.250. The van der Waals surface area contributed by atoms with E-state index in [9.17, 15) is 4.79 Å². The Morgan fingerprint density at radius 1 is 1.33 bits per heavy atom. The van der Waals surface area contributed by atoms with Crippen LogP contribution in [0.25, 0.3) is 0 Å². The number of rotatable bonds is 3. The van der Waals surface area contributed by atoms with Gasteiger partial charge < -0.3 is 4.74 Å². The molecule has 3 heteroatoms. The molecule has 1 aromatic rings. The van der Waals surface area contributed by atoms with Gasteiger partial charge >= 0.3 is 0 Å². The molecule has 0 aromatic heterocycles. The van der Waals surface area contributed by atoms with E-state index in [0.29, 0.717) is 12.4 Å². The third kappa shape index (κ3) is 2.21. The van der Waals surface area contributed by atoms with Crippen LogP contribution in [-0.4, -0.2) is 12.4 Å². The molecule has 0 aliphatic carbocycles. The summed E-state index contributed by atoms with van der Waals surface area (Å²) in [5, 5.41) is -0.643. The third-order valence-electron chi connectivity index (χ3n) is 2.27. The molecule has 0 saturated carbocycles. The van der Waals surface area contributed by atoms with Crippen LogP contribution in [0.2, 0.25) is 0 Å². The molecular formula is C12H11ClO2. The van der Waals surface area contributed by atoms with Gasteiger partial charge in [0.15, 0.2) is 5.76 Å². The van der Waals surface area contributed by atoms with Gasteiger partial charge in [-0.05, 0) is 11.6 Å². The fourth-order valence-corrected chi connectivity index (χ4v) is 1.74. The molecule has 1 atom stereocenters. The number of Topliss-reactive ketones (excluding diaryl/α,β-unsaturated/α-hetero) is 1. The Morgan fingerprint density at radius 3 is 2.67 bits per heavy atom. The van der Waals surface area contributed by atoms with E-state index in [1.54, 1.807) is 6.08 Å². The average molecular weight is 223 g/mol. The van der Waals surface area contributed by atoms with Gasteiger partial charge in [-0.3, -0.25) is 4.79 Å². The normalized spacial score (nSPS) is 16.7. The van der Waals surface area contributed by atoms with E-state index in [4.69, 9.17) is 16.3 Å². The molecule has 0 saturated heterocycles. The van der Waals surface area contributed by atoms with Crippen molar-refractivity contribution in [1.82, 2.24) is 0 Å². The molecule has 1 aromatic carbocycles. The Bertz CT molecular complexity index is 384. The first-order valence-electron chi connectivity index (χ1n) is 4.85. The number of carbonyl (C=O) groups is 1. The first kappa shape index (κ1) is 10.2. The molecule has 0 fully saturated rings. The number of alkyl halides is 1. The number of benzene rings is 1. The second-order valence-corrected chi connectivity index (χ2v) is 3.78. The third-order valence-corrected chi connectivity index (χ3v) is 2.72. The summed E-state index contributed by atoms with van der Waals surface area (Å²) in [6.45, 7) is 0.583. The number of hydrogen-bond donors (Lipinski definition) is 0. The van der Waals surface area contributed by atoms with Crippen molar-refractivity contribution < 1.29 is 9.53 Å². The number of ether oxygens (including phenoxy) is 1. The SMILES string of the molecule is O=C(C1=CCCO1)C(Cl)c1ccccc1. The lowest BCUT2D eigenvalue weighted by molar-refractivity contribution is -0.118. The van der Waals surface area contributed by atoms with Crippen LogP contribution >= 0.6 is 11.6 Å². The van der Waals surface area contributed by atoms with Gasteiger partial charge in [0.05, 0.1) is 6.61 Å². The number of ketones is 1. The Morgan fingerprint density at radius 2 is 2.07 bits per heavy atom. The monoisotopic (exact) mass is 222 g/mol. The smallest absolute Gasteiger partial charge is 0.219 e. The molecule has 1 aliphatic rings. The standard InChI is InChI=1S/C12H11ClO2/c13-11(9-5-2-1-3-6-9)12(14)10-7-4-8-15-10/h1-3,5-7,11H,4,8H2. The molecule has 0 bridgehead atoms. The molecule has 1 heterocycles. The maximum atomic E-state index is 11.8. The summed E-state index contributed by atoms with van der Waals surface area (Å²) in [5.74, 6) is 0.249. The van der Waals surface area contributed by atoms with Crippen LogP contribution in [0.4, 0.5) is 0 Å². The van der Waals surface area contributed by atoms with E-state index < -0.39 is 5.38 Å². The number of allylic oxidation sites excluding steroid dienone is 1. The molecule has 1 aliphatic heterocycles. The van der Waals surface area contributed by atoms with E-state index >= 15 is 0 Å². The lowest BCUT2D eigenvalue weighted by atomic mass is 10.1. The van der Waals surface area contributed by atoms with Crippen LogP contribution in [0.1, 0.15) is 17.4 Å². The molecule has 2 nitrogen and oxygen atoms in total. The second kappa shape index (κ2) is 4.49. The van der Waals surface area contributed by atoms with Gasteiger partial charge in [-0.15, -0.1) is 11.6 Å². The van der Waals surface area contributed by atoms with E-state index in [-0.39, 0.29) is 5.78 Å². The summed E-state index contributed by atoms with van der Waals surface area (Å²) < 4.78 is 5.18. The van der Waals surface area contributed by atoms with Crippen LogP contribution in [0.15, 0.2) is 42.2 Å². The predicted molar refractivity (Wildman–Crippen MR) is 58.7 cm³/mol. The largest absolute Gasteiger partial charge is 0.490 e. The van der Waals surface area contributed by atoms with Crippen LogP contribution < -0.4 is 0 Å². The van der Waals surface area contributed by atoms with Gasteiger partial charge in [-0.25, -0.2) is 0 Å². The Labute approximate surface area is 93.5 Å². The fourth-order valence-electron chi connectivity index (χ4n) is 1.49. The van der Waals surface area contributed by atoms with Gasteiger partial charge in [0.2, 0.25) is 5.78 Å². The highest BCUT2D eigenvalue weighted by Gasteiger charge is 2.24. The quantitative estimate of drug-likeness (QED) is 0.736. The second-order valence-electron chi connectivity index (χ2n) is 3.34. The zero-order valence-corrected chi connectivity index (χ0v) is 8.91. The Kier molecular flexibility index (Phi) is 3.07. The van der Waals surface area contributed by atoms with E-state index in [1.165, 1.54) is 0 Å². The lowest BCUT2D eigenvalue weighted by Crippen LogP contribution is -2.10. The Hall–Kier alpha value is -1.28. The zero-order valence-electron chi connectivity index (χ0n) is 8.15. The van der Waals surface area contributed by atoms with Crippen molar-refractivity contribution in [2.24, 2.45) is 0 Å². The average Bonchev–Trinajstić information content (AvgIpc) is 2.82. The summed E-state index contributed by atoms with van der Waals surface area (Å²) in [7, 11) is 0. The molecule has 0 radical (unpaired) electrons. The topological polar surface area (TPSA) is 26.3 Å². The molecule has 15 heavy (non-hydrogen) atoms. The molecule has 78 valence electrons. The van der Waals surface area contributed by atoms with Gasteiger partial charge in [0.25, 0.3) is 0 Å². The van der Waals surface area contributed by atoms with Crippen molar-refractivity contribution in [2.75, 3.05) is 6.61 Å². The lowest BCUT2D eigenvalue weighted by Gasteiger charge is -2.09. The van der Waals surface area contributed by atoms with Crippen LogP contribution in [0, 0.1) is 0 Å². The summed E-state index contributed by atoms with van der Waals surface area (Å²) in [6, 6.07) is 9.29. The van der Waals surface area contributed by atoms with Gasteiger partial charge in [-0.1, -0.05) is 30.3 Å². The van der Waals surface area contributed by atoms with Gasteiger partial charge in [0, 0.05) is 6.42 Å². The van der Waals surface area contributed by atoms with Crippen molar-refractivity contribution in [3.63, 3.8) is 0 Å². The maximum Gasteiger partial charge on any atom is 0.219 e. The highest BCUT2D eigenvalue weighted by atomic mass is 35.5. The van der Waals surface area contributed by atoms with Crippen molar-refractivity contribution in [3.05, 3.63) is 47.7 Å².